The molecular weight excluding hydrogens is 438 g/mol. The summed E-state index contributed by atoms with van der Waals surface area (Å²) in [6.07, 6.45) is 1.62. The minimum Gasteiger partial charge on any atom is -0.493 e. The molecule has 0 aliphatic rings. The molecular formula is C25H27N3O6. The summed E-state index contributed by atoms with van der Waals surface area (Å²) in [5.74, 6) is 0.744. The number of ether oxygens (including phenoxy) is 4. The van der Waals surface area contributed by atoms with Gasteiger partial charge in [-0.2, -0.15) is 0 Å². The van der Waals surface area contributed by atoms with Crippen LogP contribution in [0.2, 0.25) is 0 Å². The minimum absolute atomic E-state index is 0.196. The highest BCUT2D eigenvalue weighted by Crippen LogP contribution is 2.38. The van der Waals surface area contributed by atoms with Crippen LogP contribution < -0.4 is 29.6 Å². The highest BCUT2D eigenvalue weighted by Gasteiger charge is 2.17. The van der Waals surface area contributed by atoms with Crippen LogP contribution in [-0.2, 0) is 17.9 Å². The molecule has 0 bridgehead atoms. The quantitative estimate of drug-likeness (QED) is 0.448. The van der Waals surface area contributed by atoms with Crippen LogP contribution >= 0.6 is 0 Å². The molecule has 178 valence electrons. The highest BCUT2D eigenvalue weighted by atomic mass is 16.5. The van der Waals surface area contributed by atoms with Gasteiger partial charge in [0.15, 0.2) is 11.5 Å². The molecule has 0 saturated heterocycles. The molecule has 1 heterocycles. The molecule has 9 nitrogen and oxygen atoms in total. The van der Waals surface area contributed by atoms with Gasteiger partial charge in [-0.25, -0.2) is 4.98 Å². The van der Waals surface area contributed by atoms with Gasteiger partial charge in [0.1, 0.15) is 6.61 Å². The van der Waals surface area contributed by atoms with Crippen LogP contribution in [0.1, 0.15) is 21.5 Å². The fourth-order valence-corrected chi connectivity index (χ4v) is 3.11. The maximum atomic E-state index is 12.5. The number of nitrogens with one attached hydrogen (secondary N) is 2. The standard InChI is InChI=1S/C25H27N3O6/c1-31-20-12-19(13-21(32-2)24(20)33-3)25(30)28-15-22(29)27-14-18-9-10-26-23(11-18)34-16-17-7-5-4-6-8-17/h4-13H,14-16H2,1-3H3,(H,27,29)(H,28,30). The number of nitrogens with zero attached hydrogens (tertiary/aromatic N) is 1. The second kappa shape index (κ2) is 12.1. The number of carbonyl (C=O) groups excluding carboxylic acids is 2. The van der Waals surface area contributed by atoms with E-state index in [0.29, 0.717) is 29.7 Å². The zero-order valence-corrected chi connectivity index (χ0v) is 19.3. The van der Waals surface area contributed by atoms with Crippen LogP contribution in [0.4, 0.5) is 0 Å². The van der Waals surface area contributed by atoms with Crippen LogP contribution in [0.15, 0.2) is 60.8 Å². The maximum absolute atomic E-state index is 12.5. The third-order valence-corrected chi connectivity index (χ3v) is 4.85. The number of aromatic nitrogens is 1. The Bertz CT molecular complexity index is 1100. The van der Waals surface area contributed by atoms with E-state index in [1.54, 1.807) is 18.3 Å². The SMILES string of the molecule is COc1cc(C(=O)NCC(=O)NCc2ccnc(OCc3ccccc3)c2)cc(OC)c1OC. The number of pyridine rings is 1. The van der Waals surface area contributed by atoms with Gasteiger partial charge < -0.3 is 29.6 Å². The first kappa shape index (κ1) is 24.4. The van der Waals surface area contributed by atoms with Crippen LogP contribution in [0.25, 0.3) is 0 Å². The lowest BCUT2D eigenvalue weighted by Crippen LogP contribution is -2.36. The second-order valence-electron chi connectivity index (χ2n) is 7.15. The maximum Gasteiger partial charge on any atom is 0.251 e. The number of amides is 2. The highest BCUT2D eigenvalue weighted by molar-refractivity contribution is 5.97. The summed E-state index contributed by atoms with van der Waals surface area (Å²) in [6, 6.07) is 16.3. The third kappa shape index (κ3) is 6.61. The van der Waals surface area contributed by atoms with E-state index in [2.05, 4.69) is 15.6 Å². The van der Waals surface area contributed by atoms with Gasteiger partial charge in [-0.1, -0.05) is 30.3 Å². The van der Waals surface area contributed by atoms with Crippen molar-refractivity contribution in [1.82, 2.24) is 15.6 Å². The van der Waals surface area contributed by atoms with Gasteiger partial charge >= 0.3 is 0 Å². The van der Waals surface area contributed by atoms with Crippen molar-refractivity contribution in [2.45, 2.75) is 13.2 Å². The molecule has 0 radical (unpaired) electrons. The summed E-state index contributed by atoms with van der Waals surface area (Å²) in [4.78, 5) is 29.0. The molecule has 0 atom stereocenters. The van der Waals surface area contributed by atoms with Crippen LogP contribution in [0.5, 0.6) is 23.1 Å². The van der Waals surface area contributed by atoms with Gasteiger partial charge in [-0.3, -0.25) is 9.59 Å². The summed E-state index contributed by atoms with van der Waals surface area (Å²) >= 11 is 0. The fourth-order valence-electron chi connectivity index (χ4n) is 3.11. The lowest BCUT2D eigenvalue weighted by molar-refractivity contribution is -0.120. The smallest absolute Gasteiger partial charge is 0.251 e. The van der Waals surface area contributed by atoms with E-state index in [1.165, 1.54) is 33.5 Å². The van der Waals surface area contributed by atoms with Crippen molar-refractivity contribution in [2.24, 2.45) is 0 Å². The van der Waals surface area contributed by atoms with Gasteiger partial charge in [0.25, 0.3) is 5.91 Å². The molecule has 0 unspecified atom stereocenters. The van der Waals surface area contributed by atoms with Crippen LogP contribution in [-0.4, -0.2) is 44.7 Å². The lowest BCUT2D eigenvalue weighted by Gasteiger charge is -2.14. The molecule has 0 saturated carbocycles. The summed E-state index contributed by atoms with van der Waals surface area (Å²) in [5.41, 5.74) is 2.13. The molecule has 3 rings (SSSR count). The van der Waals surface area contributed by atoms with Gasteiger partial charge in [-0.05, 0) is 29.3 Å². The Kier molecular flexibility index (Phi) is 8.67. The second-order valence-corrected chi connectivity index (χ2v) is 7.15. The van der Waals surface area contributed by atoms with Crippen molar-refractivity contribution in [2.75, 3.05) is 27.9 Å². The van der Waals surface area contributed by atoms with Crippen molar-refractivity contribution in [3.8, 4) is 23.1 Å². The Morgan fingerprint density at radius 3 is 2.21 bits per heavy atom. The Hall–Kier alpha value is -4.27. The third-order valence-electron chi connectivity index (χ3n) is 4.85. The Balaban J connectivity index is 1.50. The zero-order valence-electron chi connectivity index (χ0n) is 19.3. The predicted octanol–water partition coefficient (Wildman–Crippen LogP) is 2.73. The molecule has 2 amide bonds. The minimum atomic E-state index is -0.449. The largest absolute Gasteiger partial charge is 0.493 e. The van der Waals surface area contributed by atoms with Crippen LogP contribution in [0, 0.1) is 0 Å². The normalized spacial score (nSPS) is 10.2. The number of benzene rings is 2. The monoisotopic (exact) mass is 465 g/mol. The van der Waals surface area contributed by atoms with Crippen molar-refractivity contribution in [3.05, 3.63) is 77.5 Å². The molecule has 0 aliphatic heterocycles. The molecule has 0 spiro atoms. The van der Waals surface area contributed by atoms with Crippen molar-refractivity contribution < 1.29 is 28.5 Å². The Morgan fingerprint density at radius 2 is 1.56 bits per heavy atom. The summed E-state index contributed by atoms with van der Waals surface area (Å²) < 4.78 is 21.5. The van der Waals surface area contributed by atoms with Gasteiger partial charge in [0, 0.05) is 24.4 Å². The molecule has 9 heteroatoms. The molecule has 0 aliphatic carbocycles. The zero-order chi connectivity index (χ0) is 24.3. The summed E-state index contributed by atoms with van der Waals surface area (Å²) in [7, 11) is 4.40. The van der Waals surface area contributed by atoms with E-state index < -0.39 is 5.91 Å². The number of methoxy groups -OCH3 is 3. The van der Waals surface area contributed by atoms with E-state index >= 15 is 0 Å². The average molecular weight is 466 g/mol. The number of rotatable bonds is 11. The number of carbonyl (C=O) groups is 2. The van der Waals surface area contributed by atoms with E-state index in [0.717, 1.165) is 11.1 Å². The van der Waals surface area contributed by atoms with E-state index in [4.69, 9.17) is 18.9 Å². The van der Waals surface area contributed by atoms with Crippen molar-refractivity contribution >= 4 is 11.8 Å². The van der Waals surface area contributed by atoms with Crippen molar-refractivity contribution in [1.29, 1.82) is 0 Å². The van der Waals surface area contributed by atoms with E-state index in [1.807, 2.05) is 30.3 Å². The molecule has 1 aromatic heterocycles. The average Bonchev–Trinajstić information content (AvgIpc) is 2.89. The first-order valence-corrected chi connectivity index (χ1v) is 10.5. The first-order valence-electron chi connectivity index (χ1n) is 10.5. The molecule has 34 heavy (non-hydrogen) atoms. The summed E-state index contributed by atoms with van der Waals surface area (Å²) in [5, 5.41) is 5.35. The lowest BCUT2D eigenvalue weighted by atomic mass is 10.1. The Morgan fingerprint density at radius 1 is 0.853 bits per heavy atom. The summed E-state index contributed by atoms with van der Waals surface area (Å²) in [6.45, 7) is 0.470. The molecule has 2 N–H and O–H groups in total. The first-order chi connectivity index (χ1) is 16.5. The van der Waals surface area contributed by atoms with Gasteiger partial charge in [0.2, 0.25) is 17.5 Å². The van der Waals surface area contributed by atoms with Gasteiger partial charge in [-0.15, -0.1) is 0 Å². The number of hydrogen-bond acceptors (Lipinski definition) is 7. The molecule has 2 aromatic carbocycles. The topological polar surface area (TPSA) is 108 Å². The number of hydrogen-bond donors (Lipinski definition) is 2. The van der Waals surface area contributed by atoms with E-state index in [9.17, 15) is 9.59 Å². The van der Waals surface area contributed by atoms with Gasteiger partial charge in [0.05, 0.1) is 27.9 Å². The van der Waals surface area contributed by atoms with Crippen LogP contribution in [0.3, 0.4) is 0 Å². The van der Waals surface area contributed by atoms with E-state index in [-0.39, 0.29) is 24.6 Å². The molecule has 3 aromatic rings. The Labute approximate surface area is 198 Å². The van der Waals surface area contributed by atoms with Crippen molar-refractivity contribution in [3.63, 3.8) is 0 Å². The predicted molar refractivity (Wildman–Crippen MR) is 125 cm³/mol. The molecule has 0 fully saturated rings. The fraction of sp³-hybridized carbons (Fsp3) is 0.240.